The Morgan fingerprint density at radius 3 is 2.64 bits per heavy atom. The first-order valence-electron chi connectivity index (χ1n) is 7.43. The van der Waals surface area contributed by atoms with Crippen LogP contribution >= 0.6 is 0 Å². The van der Waals surface area contributed by atoms with Crippen molar-refractivity contribution in [3.8, 4) is 11.5 Å². The number of fused-ring (bicyclic) bond motifs is 1. The van der Waals surface area contributed by atoms with Crippen LogP contribution in [0.25, 0.3) is 10.9 Å². The summed E-state index contributed by atoms with van der Waals surface area (Å²) >= 11 is 0. The van der Waals surface area contributed by atoms with Crippen LogP contribution in [0, 0.1) is 0 Å². The molecule has 2 aromatic carbocycles. The van der Waals surface area contributed by atoms with Gasteiger partial charge in [0.05, 0.1) is 7.11 Å². The molecule has 0 saturated heterocycles. The molecule has 0 bridgehead atoms. The zero-order valence-corrected chi connectivity index (χ0v) is 13.3. The Labute approximate surface area is 142 Å². The van der Waals surface area contributed by atoms with E-state index in [1.807, 2.05) is 24.3 Å². The number of ether oxygens (including phenoxy) is 3. The van der Waals surface area contributed by atoms with Gasteiger partial charge < -0.3 is 19.2 Å². The second kappa shape index (κ2) is 7.21. The Hall–Kier alpha value is -3.09. The van der Waals surface area contributed by atoms with E-state index >= 15 is 0 Å². The molecule has 1 N–H and O–H groups in total. The van der Waals surface area contributed by atoms with Crippen molar-refractivity contribution in [2.75, 3.05) is 7.11 Å². The Kier molecular flexibility index (Phi) is 4.83. The van der Waals surface area contributed by atoms with Gasteiger partial charge >= 0.3 is 12.6 Å². The summed E-state index contributed by atoms with van der Waals surface area (Å²) in [5.74, 6) is -0.453. The first kappa shape index (κ1) is 16.8. The number of nitrogens with one attached hydrogen (secondary N) is 1. The van der Waals surface area contributed by atoms with Crippen LogP contribution in [0.15, 0.2) is 48.5 Å². The third-order valence-corrected chi connectivity index (χ3v) is 3.56. The number of benzene rings is 2. The molecular weight excluding hydrogens is 332 g/mol. The molecule has 0 aliphatic rings. The fourth-order valence-electron chi connectivity index (χ4n) is 2.41. The first-order chi connectivity index (χ1) is 12.1. The molecule has 7 heteroatoms. The highest BCUT2D eigenvalue weighted by Gasteiger charge is 2.14. The van der Waals surface area contributed by atoms with Gasteiger partial charge in [-0.05, 0) is 29.8 Å². The highest BCUT2D eigenvalue weighted by atomic mass is 19.3. The topological polar surface area (TPSA) is 60.5 Å². The summed E-state index contributed by atoms with van der Waals surface area (Å²) in [5, 5.41) is 0.907. The second-order valence-corrected chi connectivity index (χ2v) is 5.21. The molecule has 25 heavy (non-hydrogen) atoms. The largest absolute Gasteiger partial charge is 0.493 e. The van der Waals surface area contributed by atoms with E-state index in [-0.39, 0.29) is 18.1 Å². The average Bonchev–Trinajstić information content (AvgIpc) is 3.04. The number of para-hydroxylation sites is 1. The molecule has 1 aromatic heterocycles. The van der Waals surface area contributed by atoms with Gasteiger partial charge in [0.15, 0.2) is 11.5 Å². The van der Waals surface area contributed by atoms with Gasteiger partial charge in [-0.25, -0.2) is 4.79 Å². The minimum atomic E-state index is -2.94. The fraction of sp³-hybridized carbons (Fsp3) is 0.167. The maximum absolute atomic E-state index is 12.3. The van der Waals surface area contributed by atoms with E-state index in [9.17, 15) is 13.6 Å². The van der Waals surface area contributed by atoms with E-state index in [0.717, 1.165) is 10.9 Å². The van der Waals surface area contributed by atoms with Crippen molar-refractivity contribution in [2.24, 2.45) is 0 Å². The number of halogens is 2. The lowest BCUT2D eigenvalue weighted by molar-refractivity contribution is -0.0512. The number of hydrogen-bond acceptors (Lipinski definition) is 4. The number of esters is 1. The smallest absolute Gasteiger partial charge is 0.387 e. The lowest BCUT2D eigenvalue weighted by Crippen LogP contribution is -2.06. The molecule has 0 aliphatic heterocycles. The maximum atomic E-state index is 12.3. The number of rotatable bonds is 6. The van der Waals surface area contributed by atoms with Crippen LogP contribution in [0.4, 0.5) is 8.78 Å². The molecule has 1 heterocycles. The van der Waals surface area contributed by atoms with Crippen LogP contribution in [0.5, 0.6) is 11.5 Å². The van der Waals surface area contributed by atoms with Crippen molar-refractivity contribution in [3.63, 3.8) is 0 Å². The molecule has 3 aromatic rings. The van der Waals surface area contributed by atoms with E-state index in [0.29, 0.717) is 11.3 Å². The van der Waals surface area contributed by atoms with Gasteiger partial charge in [0.25, 0.3) is 0 Å². The highest BCUT2D eigenvalue weighted by Crippen LogP contribution is 2.29. The van der Waals surface area contributed by atoms with Gasteiger partial charge in [-0.3, -0.25) is 0 Å². The fourth-order valence-corrected chi connectivity index (χ4v) is 2.41. The Morgan fingerprint density at radius 1 is 1.12 bits per heavy atom. The predicted molar refractivity (Wildman–Crippen MR) is 87.0 cm³/mol. The summed E-state index contributed by atoms with van der Waals surface area (Å²) in [5.41, 5.74) is 1.76. The zero-order valence-electron chi connectivity index (χ0n) is 13.3. The van der Waals surface area contributed by atoms with Gasteiger partial charge in [0.2, 0.25) is 0 Å². The van der Waals surface area contributed by atoms with E-state index in [1.54, 1.807) is 6.07 Å². The van der Waals surface area contributed by atoms with Crippen LogP contribution in [0.3, 0.4) is 0 Å². The van der Waals surface area contributed by atoms with Crippen molar-refractivity contribution < 1.29 is 27.8 Å². The number of H-pyrrole nitrogens is 1. The van der Waals surface area contributed by atoms with Crippen molar-refractivity contribution in [3.05, 3.63) is 59.8 Å². The summed E-state index contributed by atoms with van der Waals surface area (Å²) in [4.78, 5) is 15.1. The van der Waals surface area contributed by atoms with Crippen LogP contribution in [0.1, 0.15) is 16.1 Å². The van der Waals surface area contributed by atoms with E-state index in [2.05, 4.69) is 9.72 Å². The molecule has 0 fully saturated rings. The van der Waals surface area contributed by atoms with Crippen molar-refractivity contribution in [2.45, 2.75) is 13.2 Å². The van der Waals surface area contributed by atoms with Crippen molar-refractivity contribution in [1.29, 1.82) is 0 Å². The third-order valence-electron chi connectivity index (χ3n) is 3.56. The van der Waals surface area contributed by atoms with Gasteiger partial charge in [0.1, 0.15) is 12.3 Å². The molecule has 0 spiro atoms. The molecule has 0 saturated carbocycles. The van der Waals surface area contributed by atoms with Crippen molar-refractivity contribution >= 4 is 16.9 Å². The zero-order chi connectivity index (χ0) is 17.8. The number of hydrogen-bond donors (Lipinski definition) is 1. The standard InChI is InChI=1S/C18H15F2NO4/c1-23-16-8-11(6-7-15(16)25-18(19)20)10-24-17(22)14-9-12-4-2-3-5-13(12)21-14/h2-9,18,21H,10H2,1H3. The quantitative estimate of drug-likeness (QED) is 0.681. The van der Waals surface area contributed by atoms with Gasteiger partial charge in [-0.2, -0.15) is 8.78 Å². The number of aromatic amines is 1. The van der Waals surface area contributed by atoms with Crippen molar-refractivity contribution in [1.82, 2.24) is 4.98 Å². The number of carbonyl (C=O) groups excluding carboxylic acids is 1. The van der Waals surface area contributed by atoms with Gasteiger partial charge in [-0.1, -0.05) is 24.3 Å². The lowest BCUT2D eigenvalue weighted by Gasteiger charge is -2.11. The number of alkyl halides is 2. The summed E-state index contributed by atoms with van der Waals surface area (Å²) in [6, 6.07) is 13.5. The molecule has 3 rings (SSSR count). The number of carbonyl (C=O) groups is 1. The van der Waals surface area contributed by atoms with Crippen LogP contribution in [-0.2, 0) is 11.3 Å². The maximum Gasteiger partial charge on any atom is 0.387 e. The summed E-state index contributed by atoms with van der Waals surface area (Å²) < 4.78 is 39.2. The monoisotopic (exact) mass is 347 g/mol. The molecule has 5 nitrogen and oxygen atoms in total. The molecule has 0 atom stereocenters. The Balaban J connectivity index is 1.69. The van der Waals surface area contributed by atoms with Gasteiger partial charge in [0, 0.05) is 10.9 Å². The van der Waals surface area contributed by atoms with E-state index in [4.69, 9.17) is 9.47 Å². The van der Waals surface area contributed by atoms with E-state index < -0.39 is 12.6 Å². The Bertz CT molecular complexity index is 859. The normalized spacial score (nSPS) is 10.9. The average molecular weight is 347 g/mol. The molecule has 0 unspecified atom stereocenters. The van der Waals surface area contributed by atoms with Crippen LogP contribution in [-0.4, -0.2) is 24.7 Å². The summed E-state index contributed by atoms with van der Waals surface area (Å²) in [6.07, 6.45) is 0. The lowest BCUT2D eigenvalue weighted by atomic mass is 10.2. The van der Waals surface area contributed by atoms with E-state index in [1.165, 1.54) is 25.3 Å². The third kappa shape index (κ3) is 3.88. The van der Waals surface area contributed by atoms with Crippen LogP contribution < -0.4 is 9.47 Å². The number of methoxy groups -OCH3 is 1. The second-order valence-electron chi connectivity index (χ2n) is 5.21. The minimum absolute atomic E-state index is 0.0283. The molecule has 0 radical (unpaired) electrons. The molecule has 130 valence electrons. The SMILES string of the molecule is COc1cc(COC(=O)c2cc3ccccc3[nH]2)ccc1OC(F)F. The predicted octanol–water partition coefficient (Wildman–Crippen LogP) is 4.13. The number of aromatic nitrogens is 1. The van der Waals surface area contributed by atoms with Gasteiger partial charge in [-0.15, -0.1) is 0 Å². The minimum Gasteiger partial charge on any atom is -0.493 e. The summed E-state index contributed by atoms with van der Waals surface area (Å²) in [6.45, 7) is -2.97. The van der Waals surface area contributed by atoms with Crippen LogP contribution in [0.2, 0.25) is 0 Å². The first-order valence-corrected chi connectivity index (χ1v) is 7.43. The molecule has 0 amide bonds. The molecular formula is C18H15F2NO4. The molecule has 0 aliphatic carbocycles. The summed E-state index contributed by atoms with van der Waals surface area (Å²) in [7, 11) is 1.34. The highest BCUT2D eigenvalue weighted by molar-refractivity contribution is 5.94. The Morgan fingerprint density at radius 2 is 1.92 bits per heavy atom.